The number of thioether (sulfide) groups is 1. The SMILES string of the molecule is CC[C@@H]1CCCCN1C(=O)CSc1nnc(COc2ccc(C)cc2C)n1N. The van der Waals surface area contributed by atoms with Gasteiger partial charge in [0.1, 0.15) is 12.4 Å². The molecule has 7 nitrogen and oxygen atoms in total. The van der Waals surface area contributed by atoms with Crippen LogP contribution in [0.3, 0.4) is 0 Å². The van der Waals surface area contributed by atoms with E-state index in [2.05, 4.69) is 23.2 Å². The number of likely N-dealkylation sites (tertiary alicyclic amines) is 1. The van der Waals surface area contributed by atoms with Gasteiger partial charge in [-0.2, -0.15) is 0 Å². The lowest BCUT2D eigenvalue weighted by molar-refractivity contribution is -0.132. The van der Waals surface area contributed by atoms with Crippen molar-refractivity contribution in [3.63, 3.8) is 0 Å². The van der Waals surface area contributed by atoms with Gasteiger partial charge in [0, 0.05) is 12.6 Å². The van der Waals surface area contributed by atoms with Crippen molar-refractivity contribution in [2.45, 2.75) is 64.3 Å². The van der Waals surface area contributed by atoms with Gasteiger partial charge < -0.3 is 15.5 Å². The fourth-order valence-corrected chi connectivity index (χ4v) is 4.33. The molecule has 0 spiro atoms. The van der Waals surface area contributed by atoms with Gasteiger partial charge in [0.15, 0.2) is 5.82 Å². The van der Waals surface area contributed by atoms with E-state index in [1.165, 1.54) is 28.4 Å². The Hall–Kier alpha value is -2.22. The number of benzene rings is 1. The molecule has 1 fully saturated rings. The summed E-state index contributed by atoms with van der Waals surface area (Å²) < 4.78 is 7.25. The zero-order valence-corrected chi connectivity index (χ0v) is 17.7. The minimum atomic E-state index is 0.146. The molecule has 2 heterocycles. The number of hydrogen-bond donors (Lipinski definition) is 1. The van der Waals surface area contributed by atoms with Crippen LogP contribution in [-0.2, 0) is 11.4 Å². The van der Waals surface area contributed by atoms with Gasteiger partial charge in [-0.05, 0) is 51.2 Å². The van der Waals surface area contributed by atoms with E-state index in [9.17, 15) is 4.79 Å². The average Bonchev–Trinajstić information content (AvgIpc) is 3.05. The molecule has 0 radical (unpaired) electrons. The van der Waals surface area contributed by atoms with Gasteiger partial charge >= 0.3 is 0 Å². The van der Waals surface area contributed by atoms with Crippen molar-refractivity contribution in [1.82, 2.24) is 19.8 Å². The van der Waals surface area contributed by atoms with Crippen LogP contribution in [0.15, 0.2) is 23.4 Å². The second-order valence-electron chi connectivity index (χ2n) is 7.26. The minimum Gasteiger partial charge on any atom is -0.485 e. The highest BCUT2D eigenvalue weighted by molar-refractivity contribution is 7.99. The van der Waals surface area contributed by atoms with Crippen molar-refractivity contribution in [2.75, 3.05) is 18.1 Å². The van der Waals surface area contributed by atoms with E-state index in [1.807, 2.05) is 30.9 Å². The Morgan fingerprint density at radius 2 is 2.14 bits per heavy atom. The number of amides is 1. The predicted molar refractivity (Wildman–Crippen MR) is 111 cm³/mol. The third kappa shape index (κ3) is 4.79. The summed E-state index contributed by atoms with van der Waals surface area (Å²) in [6.07, 6.45) is 4.39. The summed E-state index contributed by atoms with van der Waals surface area (Å²) in [6, 6.07) is 6.38. The first-order chi connectivity index (χ1) is 13.5. The minimum absolute atomic E-state index is 0.146. The van der Waals surface area contributed by atoms with Crippen LogP contribution >= 0.6 is 11.8 Å². The maximum Gasteiger partial charge on any atom is 0.233 e. The van der Waals surface area contributed by atoms with Gasteiger partial charge in [-0.25, -0.2) is 4.68 Å². The van der Waals surface area contributed by atoms with E-state index in [1.54, 1.807) is 0 Å². The smallest absolute Gasteiger partial charge is 0.233 e. The number of ether oxygens (including phenoxy) is 1. The molecular formula is C20H29N5O2S. The Balaban J connectivity index is 1.56. The zero-order valence-electron chi connectivity index (χ0n) is 16.9. The molecule has 3 rings (SSSR count). The lowest BCUT2D eigenvalue weighted by Gasteiger charge is -2.35. The lowest BCUT2D eigenvalue weighted by Crippen LogP contribution is -2.44. The zero-order chi connectivity index (χ0) is 20.1. The number of carbonyl (C=O) groups excluding carboxylic acids is 1. The Kier molecular flexibility index (Phi) is 6.83. The van der Waals surface area contributed by atoms with Crippen molar-refractivity contribution in [3.8, 4) is 5.75 Å². The summed E-state index contributed by atoms with van der Waals surface area (Å²) in [6.45, 7) is 7.27. The summed E-state index contributed by atoms with van der Waals surface area (Å²) in [7, 11) is 0. The number of carbonyl (C=O) groups is 1. The van der Waals surface area contributed by atoms with E-state index < -0.39 is 0 Å². The number of aromatic nitrogens is 3. The van der Waals surface area contributed by atoms with Gasteiger partial charge in [-0.1, -0.05) is 36.4 Å². The van der Waals surface area contributed by atoms with Crippen LogP contribution in [0.5, 0.6) is 5.75 Å². The Labute approximate surface area is 170 Å². The fraction of sp³-hybridized carbons (Fsp3) is 0.550. The normalized spacial score (nSPS) is 17.0. The Bertz CT molecular complexity index is 823. The monoisotopic (exact) mass is 403 g/mol. The molecule has 152 valence electrons. The fourth-order valence-electron chi connectivity index (χ4n) is 3.57. The highest BCUT2D eigenvalue weighted by Crippen LogP contribution is 2.23. The highest BCUT2D eigenvalue weighted by atomic mass is 32.2. The molecule has 0 bridgehead atoms. The molecule has 1 aliphatic rings. The van der Waals surface area contributed by atoms with E-state index in [0.29, 0.717) is 22.8 Å². The molecule has 2 aromatic rings. The summed E-state index contributed by atoms with van der Waals surface area (Å²) >= 11 is 1.33. The van der Waals surface area contributed by atoms with Crippen molar-refractivity contribution in [3.05, 3.63) is 35.2 Å². The number of piperidine rings is 1. The van der Waals surface area contributed by atoms with Crippen molar-refractivity contribution < 1.29 is 9.53 Å². The summed E-state index contributed by atoms with van der Waals surface area (Å²) in [5, 5.41) is 8.76. The van der Waals surface area contributed by atoms with E-state index in [4.69, 9.17) is 10.6 Å². The molecule has 8 heteroatoms. The molecule has 0 unspecified atom stereocenters. The van der Waals surface area contributed by atoms with E-state index in [0.717, 1.165) is 37.1 Å². The molecule has 1 atom stereocenters. The quantitative estimate of drug-likeness (QED) is 0.565. The van der Waals surface area contributed by atoms with Crippen molar-refractivity contribution in [1.29, 1.82) is 0 Å². The molecule has 2 N–H and O–H groups in total. The van der Waals surface area contributed by atoms with E-state index in [-0.39, 0.29) is 12.5 Å². The summed E-state index contributed by atoms with van der Waals surface area (Å²) in [5.41, 5.74) is 2.25. The summed E-state index contributed by atoms with van der Waals surface area (Å²) in [4.78, 5) is 14.6. The van der Waals surface area contributed by atoms with Crippen LogP contribution in [0.25, 0.3) is 0 Å². The number of nitrogens with zero attached hydrogens (tertiary/aromatic N) is 4. The maximum absolute atomic E-state index is 12.6. The third-order valence-corrected chi connectivity index (χ3v) is 6.09. The first-order valence-electron chi connectivity index (χ1n) is 9.81. The Morgan fingerprint density at radius 1 is 1.32 bits per heavy atom. The van der Waals surface area contributed by atoms with Crippen LogP contribution in [0.1, 0.15) is 49.6 Å². The first kappa shape index (κ1) is 20.5. The molecule has 0 aliphatic carbocycles. The molecule has 1 amide bonds. The van der Waals surface area contributed by atoms with Gasteiger partial charge in [-0.3, -0.25) is 4.79 Å². The second kappa shape index (κ2) is 9.32. The average molecular weight is 404 g/mol. The lowest BCUT2D eigenvalue weighted by atomic mass is 10.0. The number of rotatable bonds is 7. The standard InChI is InChI=1S/C20H29N5O2S/c1-4-16-7-5-6-10-24(16)19(26)13-28-20-23-22-18(25(20)21)12-27-17-9-8-14(2)11-15(17)3/h8-9,11,16H,4-7,10,12-13,21H2,1-3H3/t16-/m1/s1. The van der Waals surface area contributed by atoms with Crippen LogP contribution < -0.4 is 10.6 Å². The van der Waals surface area contributed by atoms with Gasteiger partial charge in [0.25, 0.3) is 0 Å². The van der Waals surface area contributed by atoms with Gasteiger partial charge in [0.2, 0.25) is 11.1 Å². The predicted octanol–water partition coefficient (Wildman–Crippen LogP) is 3.07. The van der Waals surface area contributed by atoms with Crippen LogP contribution in [0.4, 0.5) is 0 Å². The van der Waals surface area contributed by atoms with Gasteiger partial charge in [-0.15, -0.1) is 10.2 Å². The molecule has 1 saturated heterocycles. The maximum atomic E-state index is 12.6. The topological polar surface area (TPSA) is 86.3 Å². The molecule has 0 saturated carbocycles. The van der Waals surface area contributed by atoms with Crippen LogP contribution in [-0.4, -0.2) is 44.0 Å². The summed E-state index contributed by atoms with van der Waals surface area (Å²) in [5.74, 6) is 7.91. The van der Waals surface area contributed by atoms with Crippen molar-refractivity contribution >= 4 is 17.7 Å². The molecular weight excluding hydrogens is 374 g/mol. The molecule has 1 aromatic heterocycles. The molecule has 1 aliphatic heterocycles. The van der Waals surface area contributed by atoms with E-state index >= 15 is 0 Å². The van der Waals surface area contributed by atoms with Gasteiger partial charge in [0.05, 0.1) is 5.75 Å². The second-order valence-corrected chi connectivity index (χ2v) is 8.20. The van der Waals surface area contributed by atoms with Crippen LogP contribution in [0, 0.1) is 13.8 Å². The number of nitrogen functional groups attached to an aromatic ring is 1. The van der Waals surface area contributed by atoms with Crippen molar-refractivity contribution in [2.24, 2.45) is 0 Å². The third-order valence-electron chi connectivity index (χ3n) is 5.17. The largest absolute Gasteiger partial charge is 0.485 e. The first-order valence-corrected chi connectivity index (χ1v) is 10.8. The highest BCUT2D eigenvalue weighted by Gasteiger charge is 2.25. The number of hydrogen-bond acceptors (Lipinski definition) is 6. The molecule has 28 heavy (non-hydrogen) atoms. The number of nitrogens with two attached hydrogens (primary N) is 1. The Morgan fingerprint density at radius 3 is 2.89 bits per heavy atom. The molecule has 1 aromatic carbocycles. The van der Waals surface area contributed by atoms with Crippen LogP contribution in [0.2, 0.25) is 0 Å². The number of aryl methyl sites for hydroxylation is 2.